The third-order valence-corrected chi connectivity index (χ3v) is 4.20. The number of nitrogens with one attached hydrogen (secondary N) is 1. The van der Waals surface area contributed by atoms with E-state index >= 15 is 0 Å². The zero-order valence-electron chi connectivity index (χ0n) is 10.7. The number of halogens is 3. The normalized spacial score (nSPS) is 18.9. The Bertz CT molecular complexity index is 495. The zero-order chi connectivity index (χ0) is 15.0. The van der Waals surface area contributed by atoms with Gasteiger partial charge < -0.3 is 15.3 Å². The van der Waals surface area contributed by atoms with Crippen molar-refractivity contribution >= 4 is 22.4 Å². The average Bonchev–Trinajstić information content (AvgIpc) is 2.86. The molecule has 9 heteroatoms. The lowest BCUT2D eigenvalue weighted by Crippen LogP contribution is -2.54. The molecule has 0 aromatic carbocycles. The van der Waals surface area contributed by atoms with Crippen LogP contribution in [0, 0.1) is 0 Å². The fourth-order valence-corrected chi connectivity index (χ4v) is 2.66. The predicted octanol–water partition coefficient (Wildman–Crippen LogP) is 1.71. The van der Waals surface area contributed by atoms with Crippen LogP contribution in [-0.2, 0) is 0 Å². The molecule has 1 saturated heterocycles. The molecule has 1 amide bonds. The Morgan fingerprint density at radius 3 is 2.55 bits per heavy atom. The van der Waals surface area contributed by atoms with E-state index in [1.54, 1.807) is 12.4 Å². The van der Waals surface area contributed by atoms with Gasteiger partial charge in [0.1, 0.15) is 5.69 Å². The first-order valence-corrected chi connectivity index (χ1v) is 6.86. The van der Waals surface area contributed by atoms with Crippen molar-refractivity contribution in [1.29, 1.82) is 0 Å². The van der Waals surface area contributed by atoms with E-state index in [2.05, 4.69) is 10.3 Å². The smallest absolute Gasteiger partial charge is 0.380 e. The zero-order valence-corrected chi connectivity index (χ0v) is 11.5. The van der Waals surface area contributed by atoms with Gasteiger partial charge in [0.15, 0.2) is 10.7 Å². The Morgan fingerprint density at radius 1 is 1.50 bits per heavy atom. The van der Waals surface area contributed by atoms with Gasteiger partial charge in [-0.25, -0.2) is 4.98 Å². The Labute approximate surface area is 117 Å². The van der Waals surface area contributed by atoms with Crippen LogP contribution in [0.2, 0.25) is 0 Å². The van der Waals surface area contributed by atoms with Gasteiger partial charge in [0.05, 0.1) is 0 Å². The van der Waals surface area contributed by atoms with Gasteiger partial charge in [-0.3, -0.25) is 4.79 Å². The van der Waals surface area contributed by atoms with Crippen molar-refractivity contribution in [1.82, 2.24) is 9.88 Å². The van der Waals surface area contributed by atoms with E-state index in [4.69, 9.17) is 0 Å². The number of amides is 1. The minimum absolute atomic E-state index is 0.138. The minimum Gasteiger partial charge on any atom is -0.380 e. The number of rotatable bonds is 2. The second kappa shape index (κ2) is 5.21. The van der Waals surface area contributed by atoms with Crippen LogP contribution < -0.4 is 5.32 Å². The molecule has 0 radical (unpaired) electrons. The van der Waals surface area contributed by atoms with Crippen LogP contribution in [0.4, 0.5) is 18.3 Å². The van der Waals surface area contributed by atoms with E-state index < -0.39 is 30.5 Å². The van der Waals surface area contributed by atoms with E-state index in [1.807, 2.05) is 0 Å². The third kappa shape index (κ3) is 2.73. The number of aliphatic hydroxyl groups is 1. The van der Waals surface area contributed by atoms with Gasteiger partial charge in [0, 0.05) is 38.4 Å². The van der Waals surface area contributed by atoms with Crippen molar-refractivity contribution in [3.8, 4) is 0 Å². The number of carbonyl (C=O) groups excluding carboxylic acids is 1. The number of hydrogen-bond donors (Lipinski definition) is 2. The molecule has 2 heterocycles. The van der Waals surface area contributed by atoms with Crippen LogP contribution in [0.5, 0.6) is 0 Å². The highest BCUT2D eigenvalue weighted by atomic mass is 32.1. The molecule has 0 bridgehead atoms. The van der Waals surface area contributed by atoms with Gasteiger partial charge in [0.25, 0.3) is 5.91 Å². The monoisotopic (exact) mass is 309 g/mol. The Hall–Kier alpha value is -1.35. The Balaban J connectivity index is 2.02. The summed E-state index contributed by atoms with van der Waals surface area (Å²) in [4.78, 5) is 17.4. The fraction of sp³-hybridized carbons (Fsp3) is 0.636. The molecular formula is C11H14F3N3O2S. The summed E-state index contributed by atoms with van der Waals surface area (Å²) >= 11 is 1.25. The summed E-state index contributed by atoms with van der Waals surface area (Å²) < 4.78 is 38.0. The molecule has 1 aromatic heterocycles. The number of piperidine rings is 1. The molecule has 0 atom stereocenters. The topological polar surface area (TPSA) is 65.5 Å². The van der Waals surface area contributed by atoms with Crippen LogP contribution in [-0.4, -0.2) is 52.8 Å². The van der Waals surface area contributed by atoms with Crippen LogP contribution in [0.15, 0.2) is 5.38 Å². The van der Waals surface area contributed by atoms with Crippen LogP contribution in [0.25, 0.3) is 0 Å². The first-order valence-electron chi connectivity index (χ1n) is 5.98. The largest absolute Gasteiger partial charge is 0.417 e. The standard InChI is InChI=1S/C11H14F3N3O2S/c1-15-9-16-7(6-20-9)8(18)17-4-2-10(19,3-5-17)11(12,13)14/h6,19H,2-5H2,1H3,(H,15,16). The molecule has 0 spiro atoms. The van der Waals surface area contributed by atoms with Crippen molar-refractivity contribution in [2.75, 3.05) is 25.5 Å². The quantitative estimate of drug-likeness (QED) is 0.873. The second-order valence-electron chi connectivity index (χ2n) is 4.61. The summed E-state index contributed by atoms with van der Waals surface area (Å²) in [7, 11) is 1.66. The lowest BCUT2D eigenvalue weighted by molar-refractivity contribution is -0.271. The fourth-order valence-electron chi connectivity index (χ4n) is 2.01. The number of carbonyl (C=O) groups is 1. The molecule has 1 fully saturated rings. The summed E-state index contributed by atoms with van der Waals surface area (Å²) in [5.74, 6) is -0.410. The maximum absolute atomic E-state index is 12.7. The molecule has 1 aromatic rings. The number of nitrogens with zero attached hydrogens (tertiary/aromatic N) is 2. The second-order valence-corrected chi connectivity index (χ2v) is 5.47. The van der Waals surface area contributed by atoms with Crippen molar-refractivity contribution in [2.45, 2.75) is 24.6 Å². The molecule has 0 unspecified atom stereocenters. The van der Waals surface area contributed by atoms with Gasteiger partial charge >= 0.3 is 6.18 Å². The summed E-state index contributed by atoms with van der Waals surface area (Å²) in [6, 6.07) is 0. The van der Waals surface area contributed by atoms with E-state index in [0.29, 0.717) is 5.13 Å². The van der Waals surface area contributed by atoms with Crippen LogP contribution in [0.1, 0.15) is 23.3 Å². The van der Waals surface area contributed by atoms with Gasteiger partial charge in [-0.2, -0.15) is 13.2 Å². The van der Waals surface area contributed by atoms with E-state index in [1.165, 1.54) is 16.2 Å². The number of aromatic nitrogens is 1. The van der Waals surface area contributed by atoms with Crippen LogP contribution in [0.3, 0.4) is 0 Å². The number of hydrogen-bond acceptors (Lipinski definition) is 5. The lowest BCUT2D eigenvalue weighted by atomic mass is 9.90. The number of thiazole rings is 1. The molecule has 1 aliphatic rings. The van der Waals surface area contributed by atoms with Gasteiger partial charge in [0.2, 0.25) is 0 Å². The first-order chi connectivity index (χ1) is 9.27. The average molecular weight is 309 g/mol. The highest BCUT2D eigenvalue weighted by molar-refractivity contribution is 7.13. The number of alkyl halides is 3. The van der Waals surface area contributed by atoms with Crippen molar-refractivity contribution in [3.05, 3.63) is 11.1 Å². The van der Waals surface area contributed by atoms with Gasteiger partial charge in [-0.15, -0.1) is 11.3 Å². The maximum atomic E-state index is 12.7. The molecule has 0 aliphatic carbocycles. The Kier molecular flexibility index (Phi) is 3.92. The molecule has 2 rings (SSSR count). The molecule has 20 heavy (non-hydrogen) atoms. The molecular weight excluding hydrogens is 295 g/mol. The van der Waals surface area contributed by atoms with E-state index in [9.17, 15) is 23.1 Å². The summed E-state index contributed by atoms with van der Waals surface area (Å²) in [6.07, 6.45) is -5.68. The molecule has 5 nitrogen and oxygen atoms in total. The first kappa shape index (κ1) is 15.0. The van der Waals surface area contributed by atoms with E-state index in [0.717, 1.165) is 0 Å². The highest BCUT2D eigenvalue weighted by Crippen LogP contribution is 2.38. The Morgan fingerprint density at radius 2 is 2.10 bits per heavy atom. The minimum atomic E-state index is -4.66. The van der Waals surface area contributed by atoms with Gasteiger partial charge in [-0.1, -0.05) is 0 Å². The summed E-state index contributed by atoms with van der Waals surface area (Å²) in [5.41, 5.74) is -2.49. The van der Waals surface area contributed by atoms with Crippen molar-refractivity contribution in [2.24, 2.45) is 0 Å². The molecule has 2 N–H and O–H groups in total. The molecule has 1 aliphatic heterocycles. The van der Waals surface area contributed by atoms with Crippen LogP contribution >= 0.6 is 11.3 Å². The molecule has 112 valence electrons. The highest BCUT2D eigenvalue weighted by Gasteiger charge is 2.54. The summed E-state index contributed by atoms with van der Waals surface area (Å²) in [5, 5.41) is 14.4. The summed E-state index contributed by atoms with van der Waals surface area (Å²) in [6.45, 7) is -0.275. The molecule has 0 saturated carbocycles. The van der Waals surface area contributed by atoms with E-state index in [-0.39, 0.29) is 18.8 Å². The number of likely N-dealkylation sites (tertiary alicyclic amines) is 1. The van der Waals surface area contributed by atoms with Crippen molar-refractivity contribution < 1.29 is 23.1 Å². The SMILES string of the molecule is CNc1nc(C(=O)N2CCC(O)(C(F)(F)F)CC2)cs1. The third-order valence-electron chi connectivity index (χ3n) is 3.34. The van der Waals surface area contributed by atoms with Crippen molar-refractivity contribution in [3.63, 3.8) is 0 Å². The number of anilines is 1. The lowest BCUT2D eigenvalue weighted by Gasteiger charge is -2.38. The van der Waals surface area contributed by atoms with Gasteiger partial charge in [-0.05, 0) is 0 Å². The maximum Gasteiger partial charge on any atom is 0.417 e. The predicted molar refractivity (Wildman–Crippen MR) is 67.8 cm³/mol.